The van der Waals surface area contributed by atoms with E-state index in [9.17, 15) is 14.8 Å². The van der Waals surface area contributed by atoms with Crippen molar-refractivity contribution in [2.24, 2.45) is 0 Å². The van der Waals surface area contributed by atoms with Gasteiger partial charge >= 0.3 is 0 Å². The zero-order chi connectivity index (χ0) is 23.7. The van der Waals surface area contributed by atoms with E-state index < -0.39 is 11.4 Å². The SMILES string of the molecule is N#Cc1cccc(-n2c(-c3cccc(F)c3)nc3c(N)nc(C#CC4(O)CCCCC4)nc32)c1. The summed E-state index contributed by atoms with van der Waals surface area (Å²) in [6.07, 6.45) is 4.16. The summed E-state index contributed by atoms with van der Waals surface area (Å²) in [4.78, 5) is 13.5. The van der Waals surface area contributed by atoms with Crippen molar-refractivity contribution in [1.82, 2.24) is 19.5 Å². The van der Waals surface area contributed by atoms with Crippen molar-refractivity contribution in [3.8, 4) is 35.0 Å². The molecule has 0 spiro atoms. The third kappa shape index (κ3) is 4.07. The highest BCUT2D eigenvalue weighted by atomic mass is 19.1. The molecule has 0 aliphatic heterocycles. The number of aromatic nitrogens is 4. The standard InChI is InChI=1S/C26H21FN6O/c27-19-8-5-7-18(15-19)24-32-22-23(29)30-21(10-13-26(34)11-2-1-3-12-26)31-25(22)33(24)20-9-4-6-17(14-20)16-28/h4-9,14-15,34H,1-3,11-12H2,(H2,29,30,31). The molecule has 8 heteroatoms. The monoisotopic (exact) mass is 452 g/mol. The number of nitrogens with two attached hydrogens (primary N) is 1. The molecule has 2 aromatic heterocycles. The van der Waals surface area contributed by atoms with Crippen LogP contribution in [0.4, 0.5) is 10.2 Å². The van der Waals surface area contributed by atoms with Crippen LogP contribution in [0.3, 0.4) is 0 Å². The lowest BCUT2D eigenvalue weighted by Crippen LogP contribution is -2.29. The van der Waals surface area contributed by atoms with Crippen LogP contribution in [0.2, 0.25) is 0 Å². The number of halogens is 1. The average Bonchev–Trinajstić information content (AvgIpc) is 3.24. The van der Waals surface area contributed by atoms with Crippen LogP contribution >= 0.6 is 0 Å². The summed E-state index contributed by atoms with van der Waals surface area (Å²) in [6.45, 7) is 0. The van der Waals surface area contributed by atoms with Gasteiger partial charge in [-0.25, -0.2) is 19.3 Å². The second-order valence-corrected chi connectivity index (χ2v) is 8.39. The van der Waals surface area contributed by atoms with Crippen molar-refractivity contribution < 1.29 is 9.50 Å². The van der Waals surface area contributed by atoms with Gasteiger partial charge in [-0.3, -0.25) is 4.57 Å². The lowest BCUT2D eigenvalue weighted by atomic mass is 9.85. The van der Waals surface area contributed by atoms with Crippen LogP contribution in [0.1, 0.15) is 43.5 Å². The molecule has 1 fully saturated rings. The van der Waals surface area contributed by atoms with Crippen molar-refractivity contribution in [1.29, 1.82) is 5.26 Å². The van der Waals surface area contributed by atoms with Gasteiger partial charge in [0.15, 0.2) is 17.0 Å². The number of anilines is 1. The van der Waals surface area contributed by atoms with Crippen LogP contribution in [0.5, 0.6) is 0 Å². The minimum Gasteiger partial charge on any atom is -0.382 e. The molecule has 0 bridgehead atoms. The van der Waals surface area contributed by atoms with E-state index in [0.717, 1.165) is 19.3 Å². The topological polar surface area (TPSA) is 114 Å². The quantitative estimate of drug-likeness (QED) is 0.442. The van der Waals surface area contributed by atoms with E-state index in [1.807, 2.05) is 0 Å². The molecule has 1 saturated carbocycles. The fraction of sp³-hybridized carbons (Fsp3) is 0.231. The van der Waals surface area contributed by atoms with Crippen LogP contribution in [-0.4, -0.2) is 30.2 Å². The van der Waals surface area contributed by atoms with E-state index in [0.29, 0.717) is 46.6 Å². The van der Waals surface area contributed by atoms with Crippen molar-refractivity contribution in [2.45, 2.75) is 37.7 Å². The molecule has 7 nitrogen and oxygen atoms in total. The highest BCUT2D eigenvalue weighted by molar-refractivity contribution is 5.87. The number of aliphatic hydroxyl groups is 1. The Morgan fingerprint density at radius 2 is 1.82 bits per heavy atom. The number of fused-ring (bicyclic) bond motifs is 1. The van der Waals surface area contributed by atoms with Crippen molar-refractivity contribution in [3.63, 3.8) is 0 Å². The molecule has 0 radical (unpaired) electrons. The molecule has 3 N–H and O–H groups in total. The molecule has 0 amide bonds. The Hall–Kier alpha value is -4.27. The molecule has 0 saturated heterocycles. The number of nitrogen functional groups attached to an aromatic ring is 1. The lowest BCUT2D eigenvalue weighted by molar-refractivity contribution is 0.0610. The Labute approximate surface area is 195 Å². The van der Waals surface area contributed by atoms with Gasteiger partial charge < -0.3 is 10.8 Å². The Balaban J connectivity index is 1.73. The summed E-state index contributed by atoms with van der Waals surface area (Å²) in [5.74, 6) is 6.10. The van der Waals surface area contributed by atoms with Gasteiger partial charge in [-0.15, -0.1) is 0 Å². The molecule has 168 valence electrons. The number of benzene rings is 2. The van der Waals surface area contributed by atoms with E-state index >= 15 is 0 Å². The molecular formula is C26H21FN6O. The maximum atomic E-state index is 14.0. The lowest BCUT2D eigenvalue weighted by Gasteiger charge is -2.26. The summed E-state index contributed by atoms with van der Waals surface area (Å²) < 4.78 is 15.8. The Bertz CT molecular complexity index is 1500. The fourth-order valence-electron chi connectivity index (χ4n) is 4.25. The number of hydrogen-bond donors (Lipinski definition) is 2. The van der Waals surface area contributed by atoms with Gasteiger partial charge in [0.05, 0.1) is 17.3 Å². The molecule has 1 aliphatic rings. The van der Waals surface area contributed by atoms with Crippen molar-refractivity contribution in [3.05, 3.63) is 65.7 Å². The summed E-state index contributed by atoms with van der Waals surface area (Å²) in [5.41, 5.74) is 7.48. The zero-order valence-corrected chi connectivity index (χ0v) is 18.3. The van der Waals surface area contributed by atoms with Gasteiger partial charge in [0.2, 0.25) is 5.82 Å². The third-order valence-corrected chi connectivity index (χ3v) is 5.94. The van der Waals surface area contributed by atoms with E-state index in [4.69, 9.17) is 5.73 Å². The van der Waals surface area contributed by atoms with Gasteiger partial charge in [-0.05, 0) is 61.9 Å². The molecule has 0 unspecified atom stereocenters. The molecule has 1 aliphatic carbocycles. The Morgan fingerprint density at radius 1 is 1.03 bits per heavy atom. The number of imidazole rings is 1. The number of nitriles is 1. The summed E-state index contributed by atoms with van der Waals surface area (Å²) in [5, 5.41) is 20.1. The van der Waals surface area contributed by atoms with E-state index in [-0.39, 0.29) is 11.6 Å². The van der Waals surface area contributed by atoms with Crippen molar-refractivity contribution >= 4 is 17.0 Å². The zero-order valence-electron chi connectivity index (χ0n) is 18.3. The minimum absolute atomic E-state index is 0.123. The predicted octanol–water partition coefficient (Wildman–Crippen LogP) is 4.12. The number of nitrogens with zero attached hydrogens (tertiary/aromatic N) is 5. The van der Waals surface area contributed by atoms with Gasteiger partial charge in [-0.2, -0.15) is 5.26 Å². The van der Waals surface area contributed by atoms with Gasteiger partial charge in [0, 0.05) is 5.56 Å². The Morgan fingerprint density at radius 3 is 2.59 bits per heavy atom. The average molecular weight is 452 g/mol. The van der Waals surface area contributed by atoms with E-state index in [1.165, 1.54) is 12.1 Å². The van der Waals surface area contributed by atoms with Crippen molar-refractivity contribution in [2.75, 3.05) is 5.73 Å². The Kier molecular flexibility index (Phi) is 5.45. The molecule has 0 atom stereocenters. The number of rotatable bonds is 2. The minimum atomic E-state index is -1.06. The summed E-state index contributed by atoms with van der Waals surface area (Å²) in [6, 6.07) is 15.1. The summed E-state index contributed by atoms with van der Waals surface area (Å²) >= 11 is 0. The first-order valence-corrected chi connectivity index (χ1v) is 11.0. The summed E-state index contributed by atoms with van der Waals surface area (Å²) in [7, 11) is 0. The molecular weight excluding hydrogens is 431 g/mol. The first-order valence-electron chi connectivity index (χ1n) is 11.0. The normalized spacial score (nSPS) is 14.9. The number of hydrogen-bond acceptors (Lipinski definition) is 6. The molecule has 2 aromatic carbocycles. The maximum absolute atomic E-state index is 14.0. The van der Waals surface area contributed by atoms with E-state index in [1.54, 1.807) is 41.0 Å². The van der Waals surface area contributed by atoms with Gasteiger partial charge in [-0.1, -0.05) is 30.5 Å². The fourth-order valence-corrected chi connectivity index (χ4v) is 4.25. The predicted molar refractivity (Wildman–Crippen MR) is 126 cm³/mol. The van der Waals surface area contributed by atoms with Crippen LogP contribution in [0.25, 0.3) is 28.2 Å². The van der Waals surface area contributed by atoms with Gasteiger partial charge in [0.1, 0.15) is 17.2 Å². The highest BCUT2D eigenvalue weighted by Gasteiger charge is 2.27. The van der Waals surface area contributed by atoms with Gasteiger partial charge in [0.25, 0.3) is 0 Å². The molecule has 4 aromatic rings. The second-order valence-electron chi connectivity index (χ2n) is 8.39. The molecule has 5 rings (SSSR count). The third-order valence-electron chi connectivity index (χ3n) is 5.94. The van der Waals surface area contributed by atoms with E-state index in [2.05, 4.69) is 32.9 Å². The van der Waals surface area contributed by atoms with Crippen LogP contribution in [0.15, 0.2) is 48.5 Å². The van der Waals surface area contributed by atoms with Crippen LogP contribution in [0, 0.1) is 29.0 Å². The van der Waals surface area contributed by atoms with Crippen LogP contribution in [-0.2, 0) is 0 Å². The second kappa shape index (κ2) is 8.58. The highest BCUT2D eigenvalue weighted by Crippen LogP contribution is 2.31. The molecule has 34 heavy (non-hydrogen) atoms. The first kappa shape index (κ1) is 21.6. The maximum Gasteiger partial charge on any atom is 0.209 e. The van der Waals surface area contributed by atoms with Crippen LogP contribution < -0.4 is 5.73 Å². The first-order chi connectivity index (χ1) is 16.5. The molecule has 2 heterocycles. The largest absolute Gasteiger partial charge is 0.382 e. The smallest absolute Gasteiger partial charge is 0.209 e.